The summed E-state index contributed by atoms with van der Waals surface area (Å²) in [5.41, 5.74) is 5.47. The largest absolute Gasteiger partial charge is 0.494 e. The van der Waals surface area contributed by atoms with Crippen LogP contribution in [0.1, 0.15) is 60.0 Å². The SMILES string of the molecule is CCCCOc1ccc(C(=O)N=c2sc(CC)c(-c3ccc(C)c(C)c3)n2CC)cc1. The number of thiazole rings is 1. The number of amides is 1. The van der Waals surface area contributed by atoms with Gasteiger partial charge < -0.3 is 9.30 Å². The standard InChI is InChI=1S/C26H32N2O2S/c1-6-9-16-30-22-14-12-20(13-15-22)25(29)27-26-28(8-3)24(23(7-2)31-26)21-11-10-18(4)19(5)17-21/h10-15,17H,6-9,16H2,1-5H3. The Balaban J connectivity index is 1.95. The number of benzene rings is 2. The first-order valence-electron chi connectivity index (χ1n) is 11.1. The Hall–Kier alpha value is -2.66. The van der Waals surface area contributed by atoms with E-state index < -0.39 is 0 Å². The molecule has 0 N–H and O–H groups in total. The van der Waals surface area contributed by atoms with Gasteiger partial charge in [-0.2, -0.15) is 4.99 Å². The highest BCUT2D eigenvalue weighted by Crippen LogP contribution is 2.28. The van der Waals surface area contributed by atoms with Crippen LogP contribution >= 0.6 is 11.3 Å². The molecule has 3 aromatic rings. The average Bonchev–Trinajstić information content (AvgIpc) is 3.13. The lowest BCUT2D eigenvalue weighted by molar-refractivity contribution is 0.0998. The van der Waals surface area contributed by atoms with Crippen molar-refractivity contribution in [1.82, 2.24) is 4.57 Å². The fraction of sp³-hybridized carbons (Fsp3) is 0.385. The van der Waals surface area contributed by atoms with Gasteiger partial charge in [-0.05, 0) is 80.6 Å². The molecule has 0 fully saturated rings. The quantitative estimate of drug-likeness (QED) is 0.387. The van der Waals surface area contributed by atoms with Gasteiger partial charge in [-0.25, -0.2) is 0 Å². The molecule has 5 heteroatoms. The second-order valence-corrected chi connectivity index (χ2v) is 8.76. The molecule has 0 aliphatic rings. The predicted molar refractivity (Wildman–Crippen MR) is 129 cm³/mol. The Morgan fingerprint density at radius 1 is 1.03 bits per heavy atom. The number of ether oxygens (including phenoxy) is 1. The van der Waals surface area contributed by atoms with E-state index in [1.165, 1.54) is 27.3 Å². The molecule has 0 aliphatic carbocycles. The van der Waals surface area contributed by atoms with Crippen LogP contribution in [0.2, 0.25) is 0 Å². The summed E-state index contributed by atoms with van der Waals surface area (Å²) < 4.78 is 7.85. The molecule has 0 radical (unpaired) electrons. The molecule has 0 unspecified atom stereocenters. The number of carbonyl (C=O) groups is 1. The molecule has 4 nitrogen and oxygen atoms in total. The summed E-state index contributed by atoms with van der Waals surface area (Å²) >= 11 is 1.61. The minimum Gasteiger partial charge on any atom is -0.494 e. The van der Waals surface area contributed by atoms with E-state index in [1.54, 1.807) is 23.5 Å². The Morgan fingerprint density at radius 2 is 1.77 bits per heavy atom. The predicted octanol–water partition coefficient (Wildman–Crippen LogP) is 6.34. The Bertz CT molecular complexity index is 1110. The maximum Gasteiger partial charge on any atom is 0.279 e. The summed E-state index contributed by atoms with van der Waals surface area (Å²) in [6, 6.07) is 13.8. The van der Waals surface area contributed by atoms with E-state index in [-0.39, 0.29) is 5.91 Å². The van der Waals surface area contributed by atoms with E-state index in [1.807, 2.05) is 12.1 Å². The minimum absolute atomic E-state index is 0.224. The molecule has 0 saturated heterocycles. The van der Waals surface area contributed by atoms with Crippen molar-refractivity contribution in [2.24, 2.45) is 4.99 Å². The molecular weight excluding hydrogens is 404 g/mol. The summed E-state index contributed by atoms with van der Waals surface area (Å²) in [5, 5.41) is 0. The van der Waals surface area contributed by atoms with Gasteiger partial charge in [0.1, 0.15) is 5.75 Å². The first kappa shape index (κ1) is 23.0. The van der Waals surface area contributed by atoms with E-state index in [0.717, 1.165) is 36.4 Å². The summed E-state index contributed by atoms with van der Waals surface area (Å²) in [6.07, 6.45) is 3.02. The molecule has 0 saturated carbocycles. The van der Waals surface area contributed by atoms with Crippen LogP contribution in [0, 0.1) is 13.8 Å². The number of aryl methyl sites for hydroxylation is 3. The number of hydrogen-bond donors (Lipinski definition) is 0. The normalized spacial score (nSPS) is 11.7. The first-order valence-corrected chi connectivity index (χ1v) is 11.9. The zero-order valence-electron chi connectivity index (χ0n) is 19.2. The molecule has 1 aromatic heterocycles. The van der Waals surface area contributed by atoms with Gasteiger partial charge in [-0.3, -0.25) is 4.79 Å². The van der Waals surface area contributed by atoms with Gasteiger partial charge in [0.2, 0.25) is 0 Å². The van der Waals surface area contributed by atoms with Crippen LogP contribution in [0.25, 0.3) is 11.3 Å². The second-order valence-electron chi connectivity index (χ2n) is 7.70. The number of rotatable bonds is 8. The van der Waals surface area contributed by atoms with Crippen molar-refractivity contribution in [3.63, 3.8) is 0 Å². The highest BCUT2D eigenvalue weighted by Gasteiger charge is 2.15. The third-order valence-electron chi connectivity index (χ3n) is 5.46. The molecule has 3 rings (SSSR count). The Kier molecular flexibility index (Phi) is 7.85. The molecule has 31 heavy (non-hydrogen) atoms. The zero-order chi connectivity index (χ0) is 22.4. The van der Waals surface area contributed by atoms with E-state index in [4.69, 9.17) is 4.74 Å². The maximum absolute atomic E-state index is 12.9. The van der Waals surface area contributed by atoms with Gasteiger partial charge >= 0.3 is 0 Å². The van der Waals surface area contributed by atoms with Gasteiger partial charge in [-0.1, -0.05) is 32.4 Å². The highest BCUT2D eigenvalue weighted by molar-refractivity contribution is 7.09. The average molecular weight is 437 g/mol. The van der Waals surface area contributed by atoms with Crippen molar-refractivity contribution in [2.75, 3.05) is 6.61 Å². The molecule has 0 atom stereocenters. The lowest BCUT2D eigenvalue weighted by Crippen LogP contribution is -2.17. The van der Waals surface area contributed by atoms with Crippen molar-refractivity contribution in [1.29, 1.82) is 0 Å². The monoisotopic (exact) mass is 436 g/mol. The second kappa shape index (κ2) is 10.6. The molecule has 2 aromatic carbocycles. The van der Waals surface area contributed by atoms with Gasteiger partial charge in [0, 0.05) is 17.0 Å². The van der Waals surface area contributed by atoms with Crippen molar-refractivity contribution >= 4 is 17.2 Å². The van der Waals surface area contributed by atoms with Crippen molar-refractivity contribution < 1.29 is 9.53 Å². The lowest BCUT2D eigenvalue weighted by atomic mass is 10.0. The van der Waals surface area contributed by atoms with Crippen molar-refractivity contribution in [3.8, 4) is 17.0 Å². The summed E-state index contributed by atoms with van der Waals surface area (Å²) in [6.45, 7) is 12.1. The summed E-state index contributed by atoms with van der Waals surface area (Å²) in [5.74, 6) is 0.563. The first-order chi connectivity index (χ1) is 15.0. The molecular formula is C26H32N2O2S. The van der Waals surface area contributed by atoms with Gasteiger partial charge in [0.15, 0.2) is 4.80 Å². The molecule has 1 heterocycles. The molecule has 0 bridgehead atoms. The van der Waals surface area contributed by atoms with Crippen LogP contribution in [0.15, 0.2) is 47.5 Å². The van der Waals surface area contributed by atoms with Crippen LogP contribution in [0.3, 0.4) is 0 Å². The fourth-order valence-corrected chi connectivity index (χ4v) is 4.61. The number of nitrogens with zero attached hydrogens (tertiary/aromatic N) is 2. The van der Waals surface area contributed by atoms with E-state index >= 15 is 0 Å². The van der Waals surface area contributed by atoms with Crippen LogP contribution in [-0.2, 0) is 13.0 Å². The fourth-order valence-electron chi connectivity index (χ4n) is 3.46. The summed E-state index contributed by atoms with van der Waals surface area (Å²) in [4.78, 5) is 19.4. The number of carbonyl (C=O) groups excluding carboxylic acids is 1. The van der Waals surface area contributed by atoms with Crippen molar-refractivity contribution in [2.45, 2.75) is 60.4 Å². The summed E-state index contributed by atoms with van der Waals surface area (Å²) in [7, 11) is 0. The van der Waals surface area contributed by atoms with Gasteiger partial charge in [0.25, 0.3) is 5.91 Å². The topological polar surface area (TPSA) is 43.6 Å². The third-order valence-corrected chi connectivity index (χ3v) is 6.68. The van der Waals surface area contributed by atoms with Crippen LogP contribution < -0.4 is 9.54 Å². The van der Waals surface area contributed by atoms with Crippen LogP contribution in [0.5, 0.6) is 5.75 Å². The zero-order valence-corrected chi connectivity index (χ0v) is 20.0. The van der Waals surface area contributed by atoms with E-state index in [2.05, 4.69) is 62.4 Å². The Labute approximate surface area is 189 Å². The lowest BCUT2D eigenvalue weighted by Gasteiger charge is -2.10. The number of unbranched alkanes of at least 4 members (excludes halogenated alkanes) is 1. The Morgan fingerprint density at radius 3 is 2.39 bits per heavy atom. The van der Waals surface area contributed by atoms with E-state index in [0.29, 0.717) is 12.2 Å². The van der Waals surface area contributed by atoms with Crippen LogP contribution in [0.4, 0.5) is 0 Å². The maximum atomic E-state index is 12.9. The van der Waals surface area contributed by atoms with Gasteiger partial charge in [-0.15, -0.1) is 11.3 Å². The van der Waals surface area contributed by atoms with Crippen molar-refractivity contribution in [3.05, 3.63) is 68.8 Å². The van der Waals surface area contributed by atoms with Gasteiger partial charge in [0.05, 0.1) is 12.3 Å². The third kappa shape index (κ3) is 5.34. The molecule has 1 amide bonds. The van der Waals surface area contributed by atoms with Crippen LogP contribution in [-0.4, -0.2) is 17.1 Å². The molecule has 164 valence electrons. The molecule has 0 aliphatic heterocycles. The number of hydrogen-bond acceptors (Lipinski definition) is 3. The highest BCUT2D eigenvalue weighted by atomic mass is 32.1. The van der Waals surface area contributed by atoms with E-state index in [9.17, 15) is 4.79 Å². The number of aromatic nitrogens is 1. The smallest absolute Gasteiger partial charge is 0.279 e. The molecule has 0 spiro atoms. The minimum atomic E-state index is -0.224.